The summed E-state index contributed by atoms with van der Waals surface area (Å²) in [5, 5.41) is 6.33. The predicted octanol–water partition coefficient (Wildman–Crippen LogP) is 3.67. The Morgan fingerprint density at radius 3 is 2.72 bits per heavy atom. The van der Waals surface area contributed by atoms with Crippen LogP contribution in [-0.4, -0.2) is 16.0 Å². The number of fused-ring (bicyclic) bond motifs is 1. The number of aromatic nitrogens is 2. The summed E-state index contributed by atoms with van der Waals surface area (Å²) in [6.07, 6.45) is 0.599. The third-order valence-electron chi connectivity index (χ3n) is 2.78. The normalized spacial score (nSPS) is 10.9. The zero-order chi connectivity index (χ0) is 12.4. The Labute approximate surface area is 109 Å². The van der Waals surface area contributed by atoms with Crippen LogP contribution in [0, 0.1) is 0 Å². The first kappa shape index (κ1) is 11.2. The van der Waals surface area contributed by atoms with Crippen LogP contribution in [0.3, 0.4) is 0 Å². The van der Waals surface area contributed by atoms with E-state index in [0.717, 1.165) is 5.56 Å². The highest BCUT2D eigenvalue weighted by molar-refractivity contribution is 6.17. The molecule has 0 radical (unpaired) electrons. The van der Waals surface area contributed by atoms with Gasteiger partial charge >= 0.3 is 0 Å². The number of hydrogen-bond donors (Lipinski definition) is 0. The van der Waals surface area contributed by atoms with Crippen molar-refractivity contribution in [1.29, 1.82) is 0 Å². The molecule has 0 bridgehead atoms. The van der Waals surface area contributed by atoms with E-state index in [9.17, 15) is 0 Å². The third kappa shape index (κ3) is 2.09. The molecule has 3 nitrogen and oxygen atoms in total. The van der Waals surface area contributed by atoms with Gasteiger partial charge in [0.2, 0.25) is 11.7 Å². The Balaban J connectivity index is 2.02. The van der Waals surface area contributed by atoms with Gasteiger partial charge in [-0.05, 0) is 16.8 Å². The van der Waals surface area contributed by atoms with E-state index in [4.69, 9.17) is 16.1 Å². The molecule has 4 heteroatoms. The molecule has 0 unspecified atom stereocenters. The number of alkyl halides is 1. The van der Waals surface area contributed by atoms with Gasteiger partial charge in [-0.2, -0.15) is 4.98 Å². The molecular weight excluding hydrogens is 248 g/mol. The number of rotatable bonds is 3. The summed E-state index contributed by atoms with van der Waals surface area (Å²) >= 11 is 5.64. The van der Waals surface area contributed by atoms with Crippen LogP contribution in [0.1, 0.15) is 5.89 Å². The summed E-state index contributed by atoms with van der Waals surface area (Å²) in [6.45, 7) is 0. The summed E-state index contributed by atoms with van der Waals surface area (Å²) in [5.41, 5.74) is 0.957. The van der Waals surface area contributed by atoms with Gasteiger partial charge in [-0.25, -0.2) is 0 Å². The molecular formula is C14H11ClN2O. The zero-order valence-corrected chi connectivity index (χ0v) is 10.4. The average Bonchev–Trinajstić information content (AvgIpc) is 2.87. The smallest absolute Gasteiger partial charge is 0.228 e. The summed E-state index contributed by atoms with van der Waals surface area (Å²) in [4.78, 5) is 4.31. The molecule has 0 amide bonds. The Morgan fingerprint density at radius 1 is 1.06 bits per heavy atom. The number of nitrogens with zero attached hydrogens (tertiary/aromatic N) is 2. The van der Waals surface area contributed by atoms with Gasteiger partial charge in [-0.15, -0.1) is 11.6 Å². The lowest BCUT2D eigenvalue weighted by molar-refractivity contribution is 0.383. The lowest BCUT2D eigenvalue weighted by Crippen LogP contribution is -1.86. The monoisotopic (exact) mass is 258 g/mol. The minimum Gasteiger partial charge on any atom is -0.339 e. The van der Waals surface area contributed by atoms with Crippen molar-refractivity contribution in [2.24, 2.45) is 0 Å². The van der Waals surface area contributed by atoms with Gasteiger partial charge in [0.25, 0.3) is 0 Å². The fourth-order valence-electron chi connectivity index (χ4n) is 1.88. The van der Waals surface area contributed by atoms with Crippen LogP contribution < -0.4 is 0 Å². The predicted molar refractivity (Wildman–Crippen MR) is 71.7 cm³/mol. The lowest BCUT2D eigenvalue weighted by Gasteiger charge is -1.99. The van der Waals surface area contributed by atoms with Crippen LogP contribution in [0.2, 0.25) is 0 Å². The minimum absolute atomic E-state index is 0.485. The molecule has 0 aliphatic heterocycles. The molecule has 0 N–H and O–H groups in total. The molecule has 0 aliphatic rings. The lowest BCUT2D eigenvalue weighted by atomic mass is 10.1. The second-order valence-electron chi connectivity index (χ2n) is 4.01. The van der Waals surface area contributed by atoms with Gasteiger partial charge < -0.3 is 4.52 Å². The molecule has 0 saturated heterocycles. The molecule has 3 aromatic rings. The largest absolute Gasteiger partial charge is 0.339 e. The van der Waals surface area contributed by atoms with Gasteiger partial charge in [0.1, 0.15) is 0 Å². The van der Waals surface area contributed by atoms with Gasteiger partial charge in [-0.3, -0.25) is 0 Å². The fraction of sp³-hybridized carbons (Fsp3) is 0.143. The second-order valence-corrected chi connectivity index (χ2v) is 4.39. The van der Waals surface area contributed by atoms with Crippen LogP contribution in [0.15, 0.2) is 47.0 Å². The quantitative estimate of drug-likeness (QED) is 0.673. The average molecular weight is 259 g/mol. The first-order valence-electron chi connectivity index (χ1n) is 5.74. The van der Waals surface area contributed by atoms with Crippen LogP contribution in [0.5, 0.6) is 0 Å². The maximum Gasteiger partial charge on any atom is 0.228 e. The summed E-state index contributed by atoms with van der Waals surface area (Å²) in [7, 11) is 0. The maximum absolute atomic E-state index is 5.64. The second kappa shape index (κ2) is 4.78. The highest BCUT2D eigenvalue weighted by Gasteiger charge is 2.08. The Bertz CT molecular complexity index is 678. The molecule has 0 aliphatic carbocycles. The number of aryl methyl sites for hydroxylation is 1. The summed E-state index contributed by atoms with van der Waals surface area (Å²) < 4.78 is 5.13. The van der Waals surface area contributed by atoms with Crippen molar-refractivity contribution >= 4 is 22.4 Å². The summed E-state index contributed by atoms with van der Waals surface area (Å²) in [5.74, 6) is 1.67. The van der Waals surface area contributed by atoms with E-state index in [-0.39, 0.29) is 0 Å². The maximum atomic E-state index is 5.64. The van der Waals surface area contributed by atoms with Gasteiger partial charge in [0, 0.05) is 17.9 Å². The molecule has 1 aromatic heterocycles. The van der Waals surface area contributed by atoms with E-state index in [1.165, 1.54) is 10.8 Å². The van der Waals surface area contributed by atoms with Crippen molar-refractivity contribution in [3.05, 3.63) is 48.4 Å². The molecule has 0 spiro atoms. The van der Waals surface area contributed by atoms with Crippen molar-refractivity contribution in [3.8, 4) is 11.4 Å². The minimum atomic E-state index is 0.485. The molecule has 18 heavy (non-hydrogen) atoms. The van der Waals surface area contributed by atoms with Crippen molar-refractivity contribution in [2.75, 3.05) is 5.88 Å². The Kier molecular flexibility index (Phi) is 2.99. The van der Waals surface area contributed by atoms with Crippen molar-refractivity contribution < 1.29 is 4.52 Å². The molecule has 2 aromatic carbocycles. The Morgan fingerprint density at radius 2 is 1.89 bits per heavy atom. The first-order chi connectivity index (χ1) is 8.86. The fourth-order valence-corrected chi connectivity index (χ4v) is 2.04. The molecule has 90 valence electrons. The van der Waals surface area contributed by atoms with Crippen LogP contribution >= 0.6 is 11.6 Å². The third-order valence-corrected chi connectivity index (χ3v) is 2.97. The van der Waals surface area contributed by atoms with Crippen LogP contribution in [-0.2, 0) is 6.42 Å². The van der Waals surface area contributed by atoms with E-state index in [0.29, 0.717) is 24.0 Å². The summed E-state index contributed by atoms with van der Waals surface area (Å²) in [6, 6.07) is 14.3. The van der Waals surface area contributed by atoms with E-state index in [1.807, 2.05) is 18.2 Å². The highest BCUT2D eigenvalue weighted by Crippen LogP contribution is 2.22. The van der Waals surface area contributed by atoms with Crippen LogP contribution in [0.4, 0.5) is 0 Å². The van der Waals surface area contributed by atoms with Crippen molar-refractivity contribution in [2.45, 2.75) is 6.42 Å². The zero-order valence-electron chi connectivity index (χ0n) is 9.64. The number of benzene rings is 2. The van der Waals surface area contributed by atoms with E-state index in [2.05, 4.69) is 34.4 Å². The Hall–Kier alpha value is -1.87. The molecule has 1 heterocycles. The number of hydrogen-bond acceptors (Lipinski definition) is 3. The van der Waals surface area contributed by atoms with Crippen LogP contribution in [0.25, 0.3) is 22.2 Å². The van der Waals surface area contributed by atoms with Gasteiger partial charge in [0.05, 0.1) is 0 Å². The van der Waals surface area contributed by atoms with Crippen molar-refractivity contribution in [1.82, 2.24) is 10.1 Å². The van der Waals surface area contributed by atoms with E-state index < -0.39 is 0 Å². The SMILES string of the molecule is ClCCc1nc(-c2ccc3ccccc3c2)no1. The molecule has 0 fully saturated rings. The number of halogens is 1. The van der Waals surface area contributed by atoms with Gasteiger partial charge in [0.15, 0.2) is 0 Å². The van der Waals surface area contributed by atoms with Crippen molar-refractivity contribution in [3.63, 3.8) is 0 Å². The molecule has 0 atom stereocenters. The van der Waals surface area contributed by atoms with E-state index in [1.54, 1.807) is 0 Å². The molecule has 0 saturated carbocycles. The first-order valence-corrected chi connectivity index (χ1v) is 6.28. The standard InChI is InChI=1S/C14H11ClN2O/c15-8-7-13-16-14(17-18-13)12-6-5-10-3-1-2-4-11(10)9-12/h1-6,9H,7-8H2. The molecule has 3 rings (SSSR count). The highest BCUT2D eigenvalue weighted by atomic mass is 35.5. The van der Waals surface area contributed by atoms with E-state index >= 15 is 0 Å². The topological polar surface area (TPSA) is 38.9 Å². The van der Waals surface area contributed by atoms with Gasteiger partial charge in [-0.1, -0.05) is 41.6 Å².